The molecule has 1 atom stereocenters. The van der Waals surface area contributed by atoms with Crippen LogP contribution in [0.1, 0.15) is 31.4 Å². The van der Waals surface area contributed by atoms with Gasteiger partial charge >= 0.3 is 0 Å². The van der Waals surface area contributed by atoms with E-state index in [9.17, 15) is 0 Å². The van der Waals surface area contributed by atoms with Gasteiger partial charge in [-0.25, -0.2) is 0 Å². The van der Waals surface area contributed by atoms with Crippen LogP contribution in [0.25, 0.3) is 10.8 Å². The molecule has 3 rings (SSSR count). The largest absolute Gasteiger partial charge is 0.494 e. The normalized spacial score (nSPS) is 16.9. The molecule has 1 N–H and O–H groups in total. The van der Waals surface area contributed by atoms with E-state index >= 15 is 0 Å². The first-order valence-corrected chi connectivity index (χ1v) is 9.05. The molecule has 0 radical (unpaired) electrons. The number of allylic oxidation sites excluding steroid dienone is 1. The SMILES string of the molecule is C=CCC[C@H](c1c(OCC)ccc2ccccc12)N1CCNCC1. The van der Waals surface area contributed by atoms with E-state index < -0.39 is 0 Å². The third kappa shape index (κ3) is 3.63. The highest BCUT2D eigenvalue weighted by atomic mass is 16.5. The summed E-state index contributed by atoms with van der Waals surface area (Å²) in [5.41, 5.74) is 1.35. The fourth-order valence-electron chi connectivity index (χ4n) is 3.68. The lowest BCUT2D eigenvalue weighted by molar-refractivity contribution is 0.163. The van der Waals surface area contributed by atoms with Crippen molar-refractivity contribution in [3.05, 3.63) is 54.6 Å². The molecule has 0 bridgehead atoms. The lowest BCUT2D eigenvalue weighted by atomic mass is 9.93. The molecule has 2 aromatic rings. The molecule has 24 heavy (non-hydrogen) atoms. The van der Waals surface area contributed by atoms with E-state index in [0.717, 1.165) is 44.8 Å². The lowest BCUT2D eigenvalue weighted by Gasteiger charge is -2.36. The summed E-state index contributed by atoms with van der Waals surface area (Å²) >= 11 is 0. The van der Waals surface area contributed by atoms with Crippen molar-refractivity contribution >= 4 is 10.8 Å². The third-order valence-electron chi connectivity index (χ3n) is 4.80. The summed E-state index contributed by atoms with van der Waals surface area (Å²) in [4.78, 5) is 2.60. The number of ether oxygens (including phenoxy) is 1. The standard InChI is InChI=1S/C21H28N2O/c1-3-5-10-19(23-15-13-22-14-16-23)21-18-9-7-6-8-17(18)11-12-20(21)24-4-2/h3,6-9,11-12,19,22H,1,4-5,10,13-16H2,2H3/t19-/m1/s1. The number of nitrogens with one attached hydrogen (secondary N) is 1. The molecule has 1 fully saturated rings. The average Bonchev–Trinajstić information content (AvgIpc) is 2.64. The summed E-state index contributed by atoms with van der Waals surface area (Å²) < 4.78 is 6.03. The summed E-state index contributed by atoms with van der Waals surface area (Å²) in [5, 5.41) is 6.06. The molecule has 0 unspecified atom stereocenters. The molecule has 0 amide bonds. The van der Waals surface area contributed by atoms with Crippen LogP contribution in [0.4, 0.5) is 0 Å². The highest BCUT2D eigenvalue weighted by Gasteiger charge is 2.26. The number of benzene rings is 2. The fourth-order valence-corrected chi connectivity index (χ4v) is 3.68. The second-order valence-corrected chi connectivity index (χ2v) is 6.30. The predicted molar refractivity (Wildman–Crippen MR) is 102 cm³/mol. The van der Waals surface area contributed by atoms with Gasteiger partial charge in [0.05, 0.1) is 6.61 Å². The van der Waals surface area contributed by atoms with Gasteiger partial charge in [-0.2, -0.15) is 0 Å². The molecule has 3 heteroatoms. The first-order valence-electron chi connectivity index (χ1n) is 9.05. The van der Waals surface area contributed by atoms with Crippen molar-refractivity contribution < 1.29 is 4.74 Å². The number of nitrogens with zero attached hydrogens (tertiary/aromatic N) is 1. The molecule has 0 spiro atoms. The van der Waals surface area contributed by atoms with Gasteiger partial charge in [0.1, 0.15) is 5.75 Å². The van der Waals surface area contributed by atoms with Crippen LogP contribution in [0, 0.1) is 0 Å². The summed E-state index contributed by atoms with van der Waals surface area (Å²) in [6.45, 7) is 11.0. The van der Waals surface area contributed by atoms with Crippen LogP contribution < -0.4 is 10.1 Å². The van der Waals surface area contributed by atoms with Crippen LogP contribution >= 0.6 is 0 Å². The monoisotopic (exact) mass is 324 g/mol. The van der Waals surface area contributed by atoms with Crippen LogP contribution in [-0.2, 0) is 0 Å². The number of hydrogen-bond donors (Lipinski definition) is 1. The first-order chi connectivity index (χ1) is 11.8. The second-order valence-electron chi connectivity index (χ2n) is 6.30. The highest BCUT2D eigenvalue weighted by molar-refractivity contribution is 5.88. The van der Waals surface area contributed by atoms with Crippen molar-refractivity contribution in [2.45, 2.75) is 25.8 Å². The Bertz CT molecular complexity index is 677. The van der Waals surface area contributed by atoms with Crippen molar-refractivity contribution in [2.24, 2.45) is 0 Å². The van der Waals surface area contributed by atoms with Gasteiger partial charge in [-0.05, 0) is 36.6 Å². The Morgan fingerprint density at radius 3 is 2.75 bits per heavy atom. The van der Waals surface area contributed by atoms with Gasteiger partial charge in [-0.1, -0.05) is 36.4 Å². The molecule has 2 aromatic carbocycles. The zero-order chi connectivity index (χ0) is 16.8. The molecule has 1 aliphatic rings. The van der Waals surface area contributed by atoms with Crippen molar-refractivity contribution in [2.75, 3.05) is 32.8 Å². The molecule has 0 saturated carbocycles. The Kier molecular flexibility index (Phi) is 5.89. The van der Waals surface area contributed by atoms with E-state index in [1.165, 1.54) is 16.3 Å². The maximum Gasteiger partial charge on any atom is 0.124 e. The molecule has 0 aromatic heterocycles. The van der Waals surface area contributed by atoms with Crippen LogP contribution in [-0.4, -0.2) is 37.7 Å². The Morgan fingerprint density at radius 2 is 2.00 bits per heavy atom. The van der Waals surface area contributed by atoms with Gasteiger partial charge in [-0.3, -0.25) is 4.90 Å². The van der Waals surface area contributed by atoms with Gasteiger partial charge in [0.15, 0.2) is 0 Å². The van der Waals surface area contributed by atoms with Gasteiger partial charge in [0, 0.05) is 37.8 Å². The molecule has 1 saturated heterocycles. The second kappa shape index (κ2) is 8.32. The van der Waals surface area contributed by atoms with Gasteiger partial charge in [0.2, 0.25) is 0 Å². The van der Waals surface area contributed by atoms with Gasteiger partial charge in [-0.15, -0.1) is 6.58 Å². The van der Waals surface area contributed by atoms with Crippen LogP contribution in [0.2, 0.25) is 0 Å². The van der Waals surface area contributed by atoms with E-state index in [-0.39, 0.29) is 0 Å². The van der Waals surface area contributed by atoms with Crippen LogP contribution in [0.5, 0.6) is 5.75 Å². The maximum absolute atomic E-state index is 6.03. The number of hydrogen-bond acceptors (Lipinski definition) is 3. The molecule has 1 heterocycles. The minimum absolute atomic E-state index is 0.373. The number of piperazine rings is 1. The number of fused-ring (bicyclic) bond motifs is 1. The van der Waals surface area contributed by atoms with Crippen molar-refractivity contribution in [1.29, 1.82) is 0 Å². The summed E-state index contributed by atoms with van der Waals surface area (Å²) in [5.74, 6) is 1.03. The van der Waals surface area contributed by atoms with Crippen molar-refractivity contribution in [3.63, 3.8) is 0 Å². The molecular formula is C21H28N2O. The van der Waals surface area contributed by atoms with E-state index in [1.807, 2.05) is 6.08 Å². The van der Waals surface area contributed by atoms with Crippen LogP contribution in [0.3, 0.4) is 0 Å². The Balaban J connectivity index is 2.09. The topological polar surface area (TPSA) is 24.5 Å². The zero-order valence-electron chi connectivity index (χ0n) is 14.6. The summed E-state index contributed by atoms with van der Waals surface area (Å²) in [6.07, 6.45) is 4.13. The Morgan fingerprint density at radius 1 is 1.21 bits per heavy atom. The fraction of sp³-hybridized carbons (Fsp3) is 0.429. The van der Waals surface area contributed by atoms with Crippen LogP contribution in [0.15, 0.2) is 49.1 Å². The van der Waals surface area contributed by atoms with E-state index in [2.05, 4.69) is 60.1 Å². The average molecular weight is 324 g/mol. The Labute approximate surface area is 145 Å². The molecular weight excluding hydrogens is 296 g/mol. The van der Waals surface area contributed by atoms with E-state index in [4.69, 9.17) is 4.74 Å². The first kappa shape index (κ1) is 17.0. The van der Waals surface area contributed by atoms with E-state index in [0.29, 0.717) is 12.6 Å². The zero-order valence-corrected chi connectivity index (χ0v) is 14.6. The summed E-state index contributed by atoms with van der Waals surface area (Å²) in [7, 11) is 0. The minimum Gasteiger partial charge on any atom is -0.494 e. The summed E-state index contributed by atoms with van der Waals surface area (Å²) in [6, 6.07) is 13.3. The Hall–Kier alpha value is -1.84. The third-order valence-corrected chi connectivity index (χ3v) is 4.80. The molecule has 128 valence electrons. The molecule has 1 aliphatic heterocycles. The van der Waals surface area contributed by atoms with Crippen molar-refractivity contribution in [1.82, 2.24) is 10.2 Å². The smallest absolute Gasteiger partial charge is 0.124 e. The maximum atomic E-state index is 6.03. The molecule has 3 nitrogen and oxygen atoms in total. The van der Waals surface area contributed by atoms with Gasteiger partial charge in [0.25, 0.3) is 0 Å². The minimum atomic E-state index is 0.373. The van der Waals surface area contributed by atoms with Crippen molar-refractivity contribution in [3.8, 4) is 5.75 Å². The van der Waals surface area contributed by atoms with E-state index in [1.54, 1.807) is 0 Å². The van der Waals surface area contributed by atoms with Gasteiger partial charge < -0.3 is 10.1 Å². The number of rotatable bonds is 7. The quantitative estimate of drug-likeness (QED) is 0.774. The molecule has 0 aliphatic carbocycles. The predicted octanol–water partition coefficient (Wildman–Crippen LogP) is 4.15. The lowest BCUT2D eigenvalue weighted by Crippen LogP contribution is -2.45. The highest BCUT2D eigenvalue weighted by Crippen LogP contribution is 2.38.